The molecule has 0 bridgehead atoms. The van der Waals surface area contributed by atoms with E-state index in [1.165, 1.54) is 0 Å². The van der Waals surface area contributed by atoms with Crippen molar-refractivity contribution < 1.29 is 4.79 Å². The number of hydrogen-bond acceptors (Lipinski definition) is 3. The lowest BCUT2D eigenvalue weighted by atomic mass is 10.0. The molecule has 0 aliphatic carbocycles. The summed E-state index contributed by atoms with van der Waals surface area (Å²) in [5.74, 6) is -0.497. The molecular weight excluding hydrogens is 226 g/mol. The van der Waals surface area contributed by atoms with Gasteiger partial charge in [-0.15, -0.1) is 0 Å². The summed E-state index contributed by atoms with van der Waals surface area (Å²) in [5.41, 5.74) is 13.6. The Labute approximate surface area is 103 Å². The summed E-state index contributed by atoms with van der Waals surface area (Å²) in [6, 6.07) is 12.9. The average molecular weight is 237 g/mol. The molecule has 4 N–H and O–H groups in total. The third-order valence-corrected chi connectivity index (χ3v) is 2.99. The summed E-state index contributed by atoms with van der Waals surface area (Å²) in [5, 5.41) is 1.74. The Morgan fingerprint density at radius 2 is 1.89 bits per heavy atom. The first-order valence-electron chi connectivity index (χ1n) is 5.54. The number of hydrogen-bond donors (Lipinski definition) is 2. The minimum atomic E-state index is -0.497. The molecule has 1 heterocycles. The number of anilines is 1. The molecule has 1 amide bonds. The molecule has 0 spiro atoms. The molecule has 0 atom stereocenters. The molecular formula is C14H11N3O. The second-order valence-electron chi connectivity index (χ2n) is 4.14. The van der Waals surface area contributed by atoms with Crippen molar-refractivity contribution in [2.24, 2.45) is 5.73 Å². The van der Waals surface area contributed by atoms with Gasteiger partial charge in [-0.2, -0.15) is 0 Å². The van der Waals surface area contributed by atoms with E-state index >= 15 is 0 Å². The summed E-state index contributed by atoms with van der Waals surface area (Å²) in [4.78, 5) is 15.9. The van der Waals surface area contributed by atoms with Gasteiger partial charge in [0.05, 0.1) is 16.6 Å². The van der Waals surface area contributed by atoms with Gasteiger partial charge in [0.2, 0.25) is 0 Å². The zero-order chi connectivity index (χ0) is 12.7. The average Bonchev–Trinajstić information content (AvgIpc) is 2.37. The number of para-hydroxylation sites is 1. The molecule has 3 rings (SSSR count). The van der Waals surface area contributed by atoms with Crippen LogP contribution >= 0.6 is 0 Å². The molecule has 3 aromatic rings. The van der Waals surface area contributed by atoms with Gasteiger partial charge in [-0.1, -0.05) is 18.2 Å². The topological polar surface area (TPSA) is 82.0 Å². The number of primary amides is 1. The molecule has 0 radical (unpaired) electrons. The monoisotopic (exact) mass is 237 g/mol. The van der Waals surface area contributed by atoms with E-state index in [9.17, 15) is 4.79 Å². The molecule has 0 fully saturated rings. The maximum absolute atomic E-state index is 11.4. The maximum Gasteiger partial charge on any atom is 0.250 e. The molecule has 1 aromatic heterocycles. The van der Waals surface area contributed by atoms with Crippen LogP contribution in [0.2, 0.25) is 0 Å². The number of rotatable bonds is 1. The number of benzene rings is 2. The SMILES string of the molecule is NC(=O)c1ccc(N)c2cc3ccccc3nc12. The van der Waals surface area contributed by atoms with Gasteiger partial charge in [0.15, 0.2) is 0 Å². The van der Waals surface area contributed by atoms with Crippen LogP contribution in [-0.2, 0) is 0 Å². The molecule has 2 aromatic carbocycles. The molecule has 0 aliphatic rings. The Hall–Kier alpha value is -2.62. The summed E-state index contributed by atoms with van der Waals surface area (Å²) < 4.78 is 0. The fourth-order valence-electron chi connectivity index (χ4n) is 2.08. The molecule has 4 nitrogen and oxygen atoms in total. The van der Waals surface area contributed by atoms with Gasteiger partial charge >= 0.3 is 0 Å². The Morgan fingerprint density at radius 1 is 1.11 bits per heavy atom. The molecule has 0 saturated carbocycles. The van der Waals surface area contributed by atoms with Crippen molar-refractivity contribution in [2.75, 3.05) is 5.73 Å². The highest BCUT2D eigenvalue weighted by atomic mass is 16.1. The van der Waals surface area contributed by atoms with Gasteiger partial charge in [-0.05, 0) is 24.3 Å². The number of pyridine rings is 1. The van der Waals surface area contributed by atoms with E-state index in [0.29, 0.717) is 16.8 Å². The van der Waals surface area contributed by atoms with Crippen molar-refractivity contribution in [3.05, 3.63) is 48.0 Å². The van der Waals surface area contributed by atoms with Crippen molar-refractivity contribution in [3.63, 3.8) is 0 Å². The van der Waals surface area contributed by atoms with Gasteiger partial charge in [0, 0.05) is 16.5 Å². The highest BCUT2D eigenvalue weighted by Crippen LogP contribution is 2.26. The fourth-order valence-corrected chi connectivity index (χ4v) is 2.08. The van der Waals surface area contributed by atoms with Crippen molar-refractivity contribution in [3.8, 4) is 0 Å². The van der Waals surface area contributed by atoms with Crippen molar-refractivity contribution in [1.82, 2.24) is 4.98 Å². The first-order valence-corrected chi connectivity index (χ1v) is 5.54. The third-order valence-electron chi connectivity index (χ3n) is 2.99. The van der Waals surface area contributed by atoms with E-state index in [0.717, 1.165) is 16.3 Å². The fraction of sp³-hybridized carbons (Fsp3) is 0. The van der Waals surface area contributed by atoms with Crippen LogP contribution < -0.4 is 11.5 Å². The largest absolute Gasteiger partial charge is 0.398 e. The minimum Gasteiger partial charge on any atom is -0.398 e. The van der Waals surface area contributed by atoms with Crippen molar-refractivity contribution in [2.45, 2.75) is 0 Å². The van der Waals surface area contributed by atoms with Crippen LogP contribution in [0, 0.1) is 0 Å². The van der Waals surface area contributed by atoms with Gasteiger partial charge in [0.1, 0.15) is 0 Å². The first kappa shape index (κ1) is 10.5. The molecule has 4 heteroatoms. The predicted octanol–water partition coefficient (Wildman–Crippen LogP) is 2.07. The normalized spacial score (nSPS) is 10.9. The number of fused-ring (bicyclic) bond motifs is 2. The van der Waals surface area contributed by atoms with Crippen molar-refractivity contribution >= 4 is 33.4 Å². The van der Waals surface area contributed by atoms with Crippen LogP contribution in [0.15, 0.2) is 42.5 Å². The van der Waals surface area contributed by atoms with Gasteiger partial charge in [-0.25, -0.2) is 4.98 Å². The number of nitrogens with zero attached hydrogens (tertiary/aromatic N) is 1. The number of amides is 1. The van der Waals surface area contributed by atoms with Crippen LogP contribution in [0.5, 0.6) is 0 Å². The summed E-state index contributed by atoms with van der Waals surface area (Å²) >= 11 is 0. The molecule has 88 valence electrons. The van der Waals surface area contributed by atoms with Gasteiger partial charge in [-0.3, -0.25) is 4.79 Å². The second-order valence-corrected chi connectivity index (χ2v) is 4.14. The first-order chi connectivity index (χ1) is 8.66. The van der Waals surface area contributed by atoms with Crippen LogP contribution in [0.25, 0.3) is 21.8 Å². The van der Waals surface area contributed by atoms with Gasteiger partial charge in [0.25, 0.3) is 5.91 Å². The van der Waals surface area contributed by atoms with E-state index < -0.39 is 5.91 Å². The number of carbonyl (C=O) groups excluding carboxylic acids is 1. The standard InChI is InChI=1S/C14H11N3O/c15-11-6-5-9(14(16)18)13-10(11)7-8-3-1-2-4-12(8)17-13/h1-7H,15H2,(H2,16,18). The lowest BCUT2D eigenvalue weighted by molar-refractivity contribution is 0.100. The number of carbonyl (C=O) groups is 1. The molecule has 0 unspecified atom stereocenters. The molecule has 0 saturated heterocycles. The lowest BCUT2D eigenvalue weighted by Crippen LogP contribution is -2.12. The highest BCUT2D eigenvalue weighted by Gasteiger charge is 2.11. The van der Waals surface area contributed by atoms with E-state index in [1.54, 1.807) is 12.1 Å². The number of nitrogen functional groups attached to an aromatic ring is 1. The van der Waals surface area contributed by atoms with E-state index in [4.69, 9.17) is 11.5 Å². The smallest absolute Gasteiger partial charge is 0.250 e. The summed E-state index contributed by atoms with van der Waals surface area (Å²) in [6.45, 7) is 0. The Kier molecular flexibility index (Phi) is 2.16. The van der Waals surface area contributed by atoms with Crippen LogP contribution in [0.3, 0.4) is 0 Å². The minimum absolute atomic E-state index is 0.393. The van der Waals surface area contributed by atoms with Crippen LogP contribution in [0.1, 0.15) is 10.4 Å². The Bertz CT molecular complexity index is 780. The summed E-state index contributed by atoms with van der Waals surface area (Å²) in [6.07, 6.45) is 0. The molecule has 18 heavy (non-hydrogen) atoms. The number of nitrogens with two attached hydrogens (primary N) is 2. The van der Waals surface area contributed by atoms with E-state index in [2.05, 4.69) is 4.98 Å². The lowest BCUT2D eigenvalue weighted by Gasteiger charge is -2.07. The maximum atomic E-state index is 11.4. The Balaban J connectivity index is 2.52. The van der Waals surface area contributed by atoms with E-state index in [1.807, 2.05) is 30.3 Å². The zero-order valence-corrected chi connectivity index (χ0v) is 9.55. The third kappa shape index (κ3) is 1.47. The Morgan fingerprint density at radius 3 is 2.67 bits per heavy atom. The van der Waals surface area contributed by atoms with Crippen molar-refractivity contribution in [1.29, 1.82) is 0 Å². The highest BCUT2D eigenvalue weighted by molar-refractivity contribution is 6.10. The van der Waals surface area contributed by atoms with Gasteiger partial charge < -0.3 is 11.5 Å². The molecule has 0 aliphatic heterocycles. The zero-order valence-electron chi connectivity index (χ0n) is 9.55. The van der Waals surface area contributed by atoms with E-state index in [-0.39, 0.29) is 0 Å². The van der Waals surface area contributed by atoms with Crippen LogP contribution in [0.4, 0.5) is 5.69 Å². The van der Waals surface area contributed by atoms with Crippen LogP contribution in [-0.4, -0.2) is 10.9 Å². The number of aromatic nitrogens is 1. The summed E-state index contributed by atoms with van der Waals surface area (Å²) in [7, 11) is 0. The second kappa shape index (κ2) is 3.70. The quantitative estimate of drug-likeness (QED) is 0.502. The predicted molar refractivity (Wildman–Crippen MR) is 72.2 cm³/mol.